The summed E-state index contributed by atoms with van der Waals surface area (Å²) in [6, 6.07) is 6.81. The normalized spacial score (nSPS) is 22.4. The summed E-state index contributed by atoms with van der Waals surface area (Å²) in [4.78, 5) is 0.291. The number of hydrogen-bond donors (Lipinski definition) is 1. The Balaban J connectivity index is 2.39. The van der Waals surface area contributed by atoms with Gasteiger partial charge in [-0.2, -0.15) is 0 Å². The van der Waals surface area contributed by atoms with Crippen molar-refractivity contribution in [2.24, 2.45) is 5.16 Å². The number of rotatable bonds is 2. The lowest BCUT2D eigenvalue weighted by Crippen LogP contribution is -2.31. The minimum Gasteiger partial charge on any atom is -0.411 e. The summed E-state index contributed by atoms with van der Waals surface area (Å²) in [7, 11) is -3.50. The largest absolute Gasteiger partial charge is 0.411 e. The van der Waals surface area contributed by atoms with Gasteiger partial charge in [-0.25, -0.2) is 8.42 Å². The third-order valence-corrected chi connectivity index (χ3v) is 5.74. The molecule has 5 heteroatoms. The van der Waals surface area contributed by atoms with Crippen LogP contribution in [0.15, 0.2) is 46.5 Å². The fourth-order valence-electron chi connectivity index (χ4n) is 2.38. The van der Waals surface area contributed by atoms with E-state index in [0.29, 0.717) is 36.3 Å². The molecule has 1 aromatic carbocycles. The van der Waals surface area contributed by atoms with Gasteiger partial charge in [0.1, 0.15) is 5.25 Å². The number of benzene rings is 1. The second kappa shape index (κ2) is 6.22. The minimum atomic E-state index is -3.50. The lowest BCUT2D eigenvalue weighted by atomic mass is 10.0. The monoisotopic (exact) mass is 293 g/mol. The Morgan fingerprint density at radius 2 is 1.80 bits per heavy atom. The fourth-order valence-corrected chi connectivity index (χ4v) is 4.20. The summed E-state index contributed by atoms with van der Waals surface area (Å²) in [6.07, 6.45) is 6.30. The third kappa shape index (κ3) is 3.10. The first-order valence-electron chi connectivity index (χ1n) is 6.72. The van der Waals surface area contributed by atoms with Crippen molar-refractivity contribution < 1.29 is 13.6 Å². The van der Waals surface area contributed by atoms with Gasteiger partial charge < -0.3 is 5.21 Å². The highest BCUT2D eigenvalue weighted by Crippen LogP contribution is 2.24. The Kier molecular flexibility index (Phi) is 4.60. The minimum absolute atomic E-state index is 0.291. The van der Waals surface area contributed by atoms with Gasteiger partial charge in [0, 0.05) is 0 Å². The van der Waals surface area contributed by atoms with Gasteiger partial charge in [-0.05, 0) is 44.7 Å². The van der Waals surface area contributed by atoms with Crippen LogP contribution in [0.1, 0.15) is 31.2 Å². The van der Waals surface area contributed by atoms with Crippen LogP contribution in [0.3, 0.4) is 0 Å². The molecule has 1 aromatic rings. The average Bonchev–Trinajstić information content (AvgIpc) is 2.39. The van der Waals surface area contributed by atoms with Gasteiger partial charge in [-0.15, -0.1) is 0 Å². The van der Waals surface area contributed by atoms with Gasteiger partial charge >= 0.3 is 0 Å². The molecule has 1 N–H and O–H groups in total. The zero-order chi connectivity index (χ0) is 14.6. The molecule has 1 aliphatic rings. The summed E-state index contributed by atoms with van der Waals surface area (Å²) in [5, 5.41) is 11.6. The van der Waals surface area contributed by atoms with E-state index in [2.05, 4.69) is 5.16 Å². The molecule has 0 heterocycles. The van der Waals surface area contributed by atoms with Crippen LogP contribution in [0.25, 0.3) is 0 Å². The van der Waals surface area contributed by atoms with E-state index in [1.807, 2.05) is 19.1 Å². The van der Waals surface area contributed by atoms with E-state index < -0.39 is 15.1 Å². The molecule has 20 heavy (non-hydrogen) atoms. The van der Waals surface area contributed by atoms with Crippen molar-refractivity contribution in [2.45, 2.75) is 42.8 Å². The van der Waals surface area contributed by atoms with Crippen molar-refractivity contribution in [3.8, 4) is 0 Å². The summed E-state index contributed by atoms with van der Waals surface area (Å²) in [6.45, 7) is 1.91. The molecule has 0 spiro atoms. The molecule has 0 bridgehead atoms. The number of sulfone groups is 1. The van der Waals surface area contributed by atoms with Crippen LogP contribution in [0.2, 0.25) is 0 Å². The molecular weight excluding hydrogens is 274 g/mol. The van der Waals surface area contributed by atoms with Gasteiger partial charge in [0.25, 0.3) is 0 Å². The quantitative estimate of drug-likeness (QED) is 0.517. The SMILES string of the molecule is Cc1ccc(S(=O)(=O)C2CCC=CCCC2=NO)cc1. The summed E-state index contributed by atoms with van der Waals surface area (Å²) in [5.74, 6) is 0. The maximum absolute atomic E-state index is 12.7. The molecule has 2 rings (SSSR count). The maximum Gasteiger partial charge on any atom is 0.186 e. The molecule has 4 nitrogen and oxygen atoms in total. The average molecular weight is 293 g/mol. The highest BCUT2D eigenvalue weighted by molar-refractivity contribution is 7.92. The van der Waals surface area contributed by atoms with E-state index in [9.17, 15) is 8.42 Å². The van der Waals surface area contributed by atoms with Crippen molar-refractivity contribution in [1.29, 1.82) is 0 Å². The highest BCUT2D eigenvalue weighted by atomic mass is 32.2. The molecule has 108 valence electrons. The van der Waals surface area contributed by atoms with Crippen molar-refractivity contribution in [3.05, 3.63) is 42.0 Å². The standard InChI is InChI=1S/C15H19NO3S/c1-12-8-10-13(11-9-12)20(18,19)15-7-5-3-2-4-6-14(15)16-17/h2-3,8-11,15,17H,4-7H2,1H3. The Morgan fingerprint density at radius 3 is 2.45 bits per heavy atom. The highest BCUT2D eigenvalue weighted by Gasteiger charge is 2.32. The molecule has 0 amide bonds. The lowest BCUT2D eigenvalue weighted by molar-refractivity contribution is 0.316. The molecule has 0 radical (unpaired) electrons. The predicted molar refractivity (Wildman–Crippen MR) is 79.0 cm³/mol. The molecule has 0 saturated carbocycles. The fraction of sp³-hybridized carbons (Fsp3) is 0.400. The Morgan fingerprint density at radius 1 is 1.15 bits per heavy atom. The van der Waals surface area contributed by atoms with E-state index >= 15 is 0 Å². The smallest absolute Gasteiger partial charge is 0.186 e. The van der Waals surface area contributed by atoms with Crippen LogP contribution in [-0.4, -0.2) is 24.6 Å². The second-order valence-electron chi connectivity index (χ2n) is 5.03. The molecule has 1 atom stereocenters. The first-order valence-corrected chi connectivity index (χ1v) is 8.26. The van der Waals surface area contributed by atoms with Crippen LogP contribution in [-0.2, 0) is 9.84 Å². The number of nitrogens with zero attached hydrogens (tertiary/aromatic N) is 1. The van der Waals surface area contributed by atoms with Gasteiger partial charge in [0.15, 0.2) is 9.84 Å². The van der Waals surface area contributed by atoms with Crippen molar-refractivity contribution >= 4 is 15.5 Å². The van der Waals surface area contributed by atoms with Crippen LogP contribution >= 0.6 is 0 Å². The maximum atomic E-state index is 12.7. The number of hydrogen-bond acceptors (Lipinski definition) is 4. The Hall–Kier alpha value is -1.62. The number of allylic oxidation sites excluding steroid dienone is 2. The van der Waals surface area contributed by atoms with E-state index in [1.165, 1.54) is 0 Å². The van der Waals surface area contributed by atoms with Crippen molar-refractivity contribution in [2.75, 3.05) is 0 Å². The molecular formula is C15H19NO3S. The Bertz CT molecular complexity index is 615. The van der Waals surface area contributed by atoms with Gasteiger partial charge in [-0.3, -0.25) is 0 Å². The molecule has 0 aromatic heterocycles. The van der Waals surface area contributed by atoms with Gasteiger partial charge in [-0.1, -0.05) is 35.0 Å². The first-order chi connectivity index (χ1) is 9.55. The van der Waals surface area contributed by atoms with Gasteiger partial charge in [0.2, 0.25) is 0 Å². The summed E-state index contributed by atoms with van der Waals surface area (Å²) >= 11 is 0. The first kappa shape index (κ1) is 14.8. The zero-order valence-corrected chi connectivity index (χ0v) is 12.3. The predicted octanol–water partition coefficient (Wildman–Crippen LogP) is 3.10. The third-order valence-electron chi connectivity index (χ3n) is 3.55. The molecule has 0 aliphatic heterocycles. The Labute approximate surface area is 119 Å². The number of aryl methyl sites for hydroxylation is 1. The summed E-state index contributed by atoms with van der Waals surface area (Å²) < 4.78 is 25.4. The molecule has 1 unspecified atom stereocenters. The lowest BCUT2D eigenvalue weighted by Gasteiger charge is -2.19. The van der Waals surface area contributed by atoms with Crippen LogP contribution < -0.4 is 0 Å². The van der Waals surface area contributed by atoms with E-state index in [4.69, 9.17) is 5.21 Å². The number of oxime groups is 1. The van der Waals surface area contributed by atoms with E-state index in [-0.39, 0.29) is 0 Å². The molecule has 1 aliphatic carbocycles. The second-order valence-corrected chi connectivity index (χ2v) is 7.16. The van der Waals surface area contributed by atoms with Crippen LogP contribution in [0.4, 0.5) is 0 Å². The van der Waals surface area contributed by atoms with E-state index in [0.717, 1.165) is 5.56 Å². The van der Waals surface area contributed by atoms with Crippen molar-refractivity contribution in [3.63, 3.8) is 0 Å². The summed E-state index contributed by atoms with van der Waals surface area (Å²) in [5.41, 5.74) is 1.37. The van der Waals surface area contributed by atoms with Crippen LogP contribution in [0, 0.1) is 6.92 Å². The topological polar surface area (TPSA) is 66.7 Å². The van der Waals surface area contributed by atoms with Gasteiger partial charge in [0.05, 0.1) is 10.6 Å². The zero-order valence-electron chi connectivity index (χ0n) is 11.5. The van der Waals surface area contributed by atoms with Crippen molar-refractivity contribution in [1.82, 2.24) is 0 Å². The molecule has 0 saturated heterocycles. The van der Waals surface area contributed by atoms with E-state index in [1.54, 1.807) is 24.3 Å². The van der Waals surface area contributed by atoms with Crippen LogP contribution in [0.5, 0.6) is 0 Å². The molecule has 0 fully saturated rings.